The molecule has 0 nitrogen and oxygen atoms in total. The Bertz CT molecular complexity index is 10.1. The predicted molar refractivity (Wildman–Crippen MR) is 13.3 cm³/mol. The van der Waals surface area contributed by atoms with Gasteiger partial charge in [0.05, 0.1) is 0 Å². The second kappa shape index (κ2) is 15.8. The van der Waals surface area contributed by atoms with Crippen molar-refractivity contribution in [2.24, 2.45) is 0 Å². The molecular formula is H6AlK3. The summed E-state index contributed by atoms with van der Waals surface area (Å²) in [7, 11) is 0. The summed E-state index contributed by atoms with van der Waals surface area (Å²) in [6.07, 6.45) is 0. The van der Waals surface area contributed by atoms with Gasteiger partial charge in [-0.15, -0.1) is 0 Å². The average molecular weight is 150 g/mol. The van der Waals surface area contributed by atoms with E-state index in [2.05, 4.69) is 0 Å². The van der Waals surface area contributed by atoms with Crippen molar-refractivity contribution in [2.45, 2.75) is 0 Å². The minimum Gasteiger partial charge on any atom is -1.00 e. The molecule has 0 aromatic heterocycles. The normalized spacial score (nSPS) is 0. The van der Waals surface area contributed by atoms with E-state index in [4.69, 9.17) is 0 Å². The van der Waals surface area contributed by atoms with E-state index in [1.54, 1.807) is 0 Å². The molecule has 0 aliphatic carbocycles. The fourth-order valence-corrected chi connectivity index (χ4v) is 0. The van der Waals surface area contributed by atoms with Gasteiger partial charge >= 0.3 is 154 Å². The van der Waals surface area contributed by atoms with Crippen LogP contribution < -0.4 is 154 Å². The van der Waals surface area contributed by atoms with Crippen molar-refractivity contribution >= 4 is 17.4 Å². The fraction of sp³-hybridized carbons (Fsp3) is 0. The molecule has 4 heavy (non-hydrogen) atoms. The first kappa shape index (κ1) is 22.7. The van der Waals surface area contributed by atoms with Crippen LogP contribution in [0.4, 0.5) is 0 Å². The summed E-state index contributed by atoms with van der Waals surface area (Å²) in [5, 5.41) is 0. The van der Waals surface area contributed by atoms with Gasteiger partial charge in [-0.2, -0.15) is 0 Å². The third-order valence-electron chi connectivity index (χ3n) is 0. The van der Waals surface area contributed by atoms with E-state index in [9.17, 15) is 0 Å². The van der Waals surface area contributed by atoms with Crippen LogP contribution in [0.1, 0.15) is 4.28 Å². The van der Waals surface area contributed by atoms with Crippen LogP contribution >= 0.6 is 0 Å². The molecule has 0 unspecified atom stereocenters. The molecule has 0 saturated carbocycles. The molecule has 0 atom stereocenters. The van der Waals surface area contributed by atoms with Gasteiger partial charge < -0.3 is 4.28 Å². The van der Waals surface area contributed by atoms with Crippen LogP contribution in [0.2, 0.25) is 0 Å². The summed E-state index contributed by atoms with van der Waals surface area (Å²) >= 11 is 0. The third-order valence-corrected chi connectivity index (χ3v) is 0. The van der Waals surface area contributed by atoms with Gasteiger partial charge in [-0.25, -0.2) is 0 Å². The number of hydrogen-bond donors (Lipinski definition) is 0. The second-order valence-corrected chi connectivity index (χ2v) is 0. The second-order valence-electron chi connectivity index (χ2n) is 0. The van der Waals surface area contributed by atoms with Crippen LogP contribution in [0.5, 0.6) is 0 Å². The van der Waals surface area contributed by atoms with E-state index < -0.39 is 0 Å². The molecule has 0 N–H and O–H groups in total. The summed E-state index contributed by atoms with van der Waals surface area (Å²) in [5.74, 6) is 0. The molecule has 0 bridgehead atoms. The molecule has 0 saturated heterocycles. The molecule has 0 rings (SSSR count). The number of hydrogen-bond acceptors (Lipinski definition) is 0. The minimum absolute atomic E-state index is 0. The fourth-order valence-electron chi connectivity index (χ4n) is 0. The van der Waals surface area contributed by atoms with Crippen molar-refractivity contribution in [1.29, 1.82) is 0 Å². The molecule has 0 spiro atoms. The molecule has 0 aromatic rings. The summed E-state index contributed by atoms with van der Waals surface area (Å²) in [6, 6.07) is 0. The largest absolute Gasteiger partial charge is 1.00 e. The van der Waals surface area contributed by atoms with Gasteiger partial charge in [0.2, 0.25) is 0 Å². The first-order valence-electron chi connectivity index (χ1n) is 0. The molecule has 0 radical (unpaired) electrons. The Balaban J connectivity index is 0. The van der Waals surface area contributed by atoms with Crippen molar-refractivity contribution < 1.29 is 158 Å². The van der Waals surface area contributed by atoms with Gasteiger partial charge in [-0.3, -0.25) is 0 Å². The van der Waals surface area contributed by atoms with Crippen molar-refractivity contribution in [2.75, 3.05) is 0 Å². The van der Waals surface area contributed by atoms with Crippen LogP contribution in [-0.4, -0.2) is 17.4 Å². The van der Waals surface area contributed by atoms with Crippen LogP contribution in [0.25, 0.3) is 0 Å². The quantitative estimate of drug-likeness (QED) is 0.301. The zero-order valence-electron chi connectivity index (χ0n) is 6.00. The zero-order valence-corrected chi connectivity index (χ0v) is 12.4. The van der Waals surface area contributed by atoms with Crippen LogP contribution in [0.3, 0.4) is 0 Å². The Kier molecular flexibility index (Phi) is 89.7. The predicted octanol–water partition coefficient (Wildman–Crippen LogP) is -9.83. The Labute approximate surface area is 169 Å². The van der Waals surface area contributed by atoms with Crippen molar-refractivity contribution in [1.82, 2.24) is 0 Å². The molecule has 0 aromatic carbocycles. The van der Waals surface area contributed by atoms with E-state index in [-0.39, 0.29) is 176 Å². The Morgan fingerprint density at radius 3 is 0.750 bits per heavy atom. The zero-order chi connectivity index (χ0) is 0. The Morgan fingerprint density at radius 1 is 0.750 bits per heavy atom. The van der Waals surface area contributed by atoms with Gasteiger partial charge in [0.15, 0.2) is 17.4 Å². The SMILES string of the molecule is [AlH3].[H-].[H-].[H-].[K+].[K+].[K+]. The van der Waals surface area contributed by atoms with Gasteiger partial charge in [-0.1, -0.05) is 0 Å². The maximum atomic E-state index is 0. The molecule has 0 heterocycles. The van der Waals surface area contributed by atoms with Crippen molar-refractivity contribution in [3.63, 3.8) is 0 Å². The van der Waals surface area contributed by atoms with Gasteiger partial charge in [0.25, 0.3) is 0 Å². The Hall–Kier alpha value is 5.44. The molecule has 12 valence electrons. The standard InChI is InChI=1S/Al.3K.6H/q;3*+1;;;;3*-1. The van der Waals surface area contributed by atoms with Crippen molar-refractivity contribution in [3.8, 4) is 0 Å². The Morgan fingerprint density at radius 2 is 0.750 bits per heavy atom. The first-order chi connectivity index (χ1) is 0. The third kappa shape index (κ3) is 10.4. The van der Waals surface area contributed by atoms with Crippen LogP contribution in [0, 0.1) is 0 Å². The monoisotopic (exact) mass is 150 g/mol. The number of rotatable bonds is 0. The molecular weight excluding hydrogens is 144 g/mol. The maximum absolute atomic E-state index is 0. The molecule has 0 aliphatic rings. The molecule has 0 amide bonds. The van der Waals surface area contributed by atoms with Gasteiger partial charge in [0.1, 0.15) is 0 Å². The molecule has 0 aliphatic heterocycles. The van der Waals surface area contributed by atoms with E-state index in [1.807, 2.05) is 0 Å². The van der Waals surface area contributed by atoms with E-state index in [1.165, 1.54) is 0 Å². The molecule has 4 heteroatoms. The van der Waals surface area contributed by atoms with Gasteiger partial charge in [0, 0.05) is 0 Å². The summed E-state index contributed by atoms with van der Waals surface area (Å²) < 4.78 is 0. The van der Waals surface area contributed by atoms with Crippen LogP contribution in [-0.2, 0) is 0 Å². The van der Waals surface area contributed by atoms with Crippen molar-refractivity contribution in [3.05, 3.63) is 0 Å². The topological polar surface area (TPSA) is 0 Å². The van der Waals surface area contributed by atoms with Crippen LogP contribution in [0.15, 0.2) is 0 Å². The molecule has 0 fully saturated rings. The summed E-state index contributed by atoms with van der Waals surface area (Å²) in [4.78, 5) is 0. The summed E-state index contributed by atoms with van der Waals surface area (Å²) in [6.45, 7) is 0. The minimum atomic E-state index is 0. The maximum Gasteiger partial charge on any atom is 1.00 e. The summed E-state index contributed by atoms with van der Waals surface area (Å²) in [5.41, 5.74) is 0. The van der Waals surface area contributed by atoms with E-state index in [0.717, 1.165) is 0 Å². The van der Waals surface area contributed by atoms with Gasteiger partial charge in [-0.05, 0) is 0 Å². The average Bonchev–Trinajstić information content (AvgIpc) is 0. The van der Waals surface area contributed by atoms with E-state index >= 15 is 0 Å². The smallest absolute Gasteiger partial charge is 1.00 e. The van der Waals surface area contributed by atoms with E-state index in [0.29, 0.717) is 0 Å². The first-order valence-corrected chi connectivity index (χ1v) is 0.